The first-order chi connectivity index (χ1) is 11.6. The van der Waals surface area contributed by atoms with Crippen molar-refractivity contribution >= 4 is 10.0 Å². The standard InChI is InChI=1S/C18H21FN2O2S/c19-17-5-3-4-16(12-17)14-20-13-15-6-8-18(9-7-15)24(22,23)21-10-1-2-11-21/h3-9,12,20H,1-2,10-11,13-14H2. The summed E-state index contributed by atoms with van der Waals surface area (Å²) in [5.41, 5.74) is 1.87. The van der Waals surface area contributed by atoms with Crippen molar-refractivity contribution in [1.29, 1.82) is 0 Å². The molecule has 0 atom stereocenters. The Bertz CT molecular complexity index is 785. The van der Waals surface area contributed by atoms with Gasteiger partial charge in [0.1, 0.15) is 5.82 Å². The minimum Gasteiger partial charge on any atom is -0.309 e. The fraction of sp³-hybridized carbons (Fsp3) is 0.333. The highest BCUT2D eigenvalue weighted by Gasteiger charge is 2.26. The lowest BCUT2D eigenvalue weighted by molar-refractivity contribution is 0.477. The Labute approximate surface area is 142 Å². The Morgan fingerprint density at radius 1 is 0.958 bits per heavy atom. The molecule has 0 saturated carbocycles. The molecule has 0 unspecified atom stereocenters. The van der Waals surface area contributed by atoms with Gasteiger partial charge in [-0.2, -0.15) is 4.31 Å². The molecular weight excluding hydrogens is 327 g/mol. The number of nitrogens with zero attached hydrogens (tertiary/aromatic N) is 1. The zero-order valence-electron chi connectivity index (χ0n) is 13.4. The fourth-order valence-corrected chi connectivity index (χ4v) is 4.37. The van der Waals surface area contributed by atoms with Gasteiger partial charge in [0.2, 0.25) is 10.0 Å². The minimum atomic E-state index is -3.35. The maximum absolute atomic E-state index is 13.1. The summed E-state index contributed by atoms with van der Waals surface area (Å²) in [7, 11) is -3.35. The van der Waals surface area contributed by atoms with E-state index in [1.807, 2.05) is 18.2 Å². The van der Waals surface area contributed by atoms with Crippen molar-refractivity contribution in [3.63, 3.8) is 0 Å². The summed E-state index contributed by atoms with van der Waals surface area (Å²) in [5, 5.41) is 3.23. The molecule has 2 aromatic rings. The van der Waals surface area contributed by atoms with E-state index in [1.165, 1.54) is 12.1 Å². The molecule has 0 amide bonds. The van der Waals surface area contributed by atoms with E-state index in [0.717, 1.165) is 24.0 Å². The highest BCUT2D eigenvalue weighted by Crippen LogP contribution is 2.21. The van der Waals surface area contributed by atoms with Crippen LogP contribution in [0.25, 0.3) is 0 Å². The predicted octanol–water partition coefficient (Wildman–Crippen LogP) is 2.90. The molecule has 4 nitrogen and oxygen atoms in total. The lowest BCUT2D eigenvalue weighted by Crippen LogP contribution is -2.27. The van der Waals surface area contributed by atoms with E-state index in [1.54, 1.807) is 22.5 Å². The molecule has 0 aromatic heterocycles. The van der Waals surface area contributed by atoms with Gasteiger partial charge in [-0.25, -0.2) is 12.8 Å². The van der Waals surface area contributed by atoms with Crippen LogP contribution in [0.2, 0.25) is 0 Å². The SMILES string of the molecule is O=S(=O)(c1ccc(CNCc2cccc(F)c2)cc1)N1CCCC1. The van der Waals surface area contributed by atoms with Gasteiger partial charge in [-0.15, -0.1) is 0 Å². The van der Waals surface area contributed by atoms with Crippen LogP contribution in [-0.2, 0) is 23.1 Å². The Hall–Kier alpha value is -1.76. The Kier molecular flexibility index (Phi) is 5.28. The maximum Gasteiger partial charge on any atom is 0.243 e. The molecule has 1 saturated heterocycles. The van der Waals surface area contributed by atoms with E-state index in [2.05, 4.69) is 5.32 Å². The summed E-state index contributed by atoms with van der Waals surface area (Å²) in [5.74, 6) is -0.245. The third-order valence-electron chi connectivity index (χ3n) is 4.17. The van der Waals surface area contributed by atoms with Gasteiger partial charge in [-0.3, -0.25) is 0 Å². The van der Waals surface area contributed by atoms with Crippen molar-refractivity contribution in [3.05, 3.63) is 65.5 Å². The van der Waals surface area contributed by atoms with Gasteiger partial charge in [-0.05, 0) is 48.2 Å². The smallest absolute Gasteiger partial charge is 0.243 e. The molecule has 0 bridgehead atoms. The van der Waals surface area contributed by atoms with Crippen molar-refractivity contribution in [2.75, 3.05) is 13.1 Å². The summed E-state index contributed by atoms with van der Waals surface area (Å²) in [6.45, 7) is 2.38. The number of sulfonamides is 1. The van der Waals surface area contributed by atoms with Gasteiger partial charge in [0.05, 0.1) is 4.90 Å². The molecule has 128 valence electrons. The van der Waals surface area contributed by atoms with Crippen LogP contribution >= 0.6 is 0 Å². The number of nitrogens with one attached hydrogen (secondary N) is 1. The second kappa shape index (κ2) is 7.42. The zero-order valence-corrected chi connectivity index (χ0v) is 14.2. The van der Waals surface area contributed by atoms with E-state index < -0.39 is 10.0 Å². The number of halogens is 1. The molecule has 1 aliphatic heterocycles. The average Bonchev–Trinajstić information content (AvgIpc) is 3.11. The van der Waals surface area contributed by atoms with Crippen LogP contribution in [0.5, 0.6) is 0 Å². The largest absolute Gasteiger partial charge is 0.309 e. The summed E-state index contributed by atoms with van der Waals surface area (Å²) in [4.78, 5) is 0.346. The average molecular weight is 348 g/mol. The minimum absolute atomic E-state index is 0.245. The van der Waals surface area contributed by atoms with Crippen LogP contribution in [0.4, 0.5) is 4.39 Å². The molecule has 0 aliphatic carbocycles. The first kappa shape index (κ1) is 17.1. The molecule has 0 radical (unpaired) electrons. The van der Waals surface area contributed by atoms with Gasteiger partial charge < -0.3 is 5.32 Å². The Morgan fingerprint density at radius 3 is 2.29 bits per heavy atom. The van der Waals surface area contributed by atoms with Gasteiger partial charge in [-0.1, -0.05) is 24.3 Å². The molecule has 2 aromatic carbocycles. The lowest BCUT2D eigenvalue weighted by atomic mass is 10.2. The summed E-state index contributed by atoms with van der Waals surface area (Å²) in [6, 6.07) is 13.4. The highest BCUT2D eigenvalue weighted by molar-refractivity contribution is 7.89. The van der Waals surface area contributed by atoms with Crippen LogP contribution in [0, 0.1) is 5.82 Å². The second-order valence-electron chi connectivity index (χ2n) is 5.99. The monoisotopic (exact) mass is 348 g/mol. The van der Waals surface area contributed by atoms with Crippen molar-refractivity contribution in [3.8, 4) is 0 Å². The maximum atomic E-state index is 13.1. The highest BCUT2D eigenvalue weighted by atomic mass is 32.2. The van der Waals surface area contributed by atoms with E-state index in [4.69, 9.17) is 0 Å². The van der Waals surface area contributed by atoms with Crippen molar-refractivity contribution in [2.24, 2.45) is 0 Å². The van der Waals surface area contributed by atoms with E-state index in [-0.39, 0.29) is 5.82 Å². The van der Waals surface area contributed by atoms with E-state index >= 15 is 0 Å². The topological polar surface area (TPSA) is 49.4 Å². The van der Waals surface area contributed by atoms with Crippen molar-refractivity contribution in [1.82, 2.24) is 9.62 Å². The van der Waals surface area contributed by atoms with Gasteiger partial charge in [0, 0.05) is 26.2 Å². The van der Waals surface area contributed by atoms with Gasteiger partial charge in [0.15, 0.2) is 0 Å². The molecule has 3 rings (SSSR count). The molecule has 1 fully saturated rings. The Balaban J connectivity index is 1.58. The number of hydrogen-bond donors (Lipinski definition) is 1. The summed E-state index contributed by atoms with van der Waals surface area (Å²) < 4.78 is 39.6. The molecule has 1 aliphatic rings. The lowest BCUT2D eigenvalue weighted by Gasteiger charge is -2.15. The number of benzene rings is 2. The normalized spacial score (nSPS) is 15.7. The van der Waals surface area contributed by atoms with E-state index in [0.29, 0.717) is 31.1 Å². The first-order valence-electron chi connectivity index (χ1n) is 8.10. The van der Waals surface area contributed by atoms with E-state index in [9.17, 15) is 12.8 Å². The molecule has 0 spiro atoms. The Morgan fingerprint density at radius 2 is 1.62 bits per heavy atom. The summed E-state index contributed by atoms with van der Waals surface area (Å²) in [6.07, 6.45) is 1.86. The first-order valence-corrected chi connectivity index (χ1v) is 9.54. The number of rotatable bonds is 6. The van der Waals surface area contributed by atoms with Crippen molar-refractivity contribution < 1.29 is 12.8 Å². The molecular formula is C18H21FN2O2S. The molecule has 24 heavy (non-hydrogen) atoms. The predicted molar refractivity (Wildman–Crippen MR) is 91.4 cm³/mol. The third kappa shape index (κ3) is 4.01. The quantitative estimate of drug-likeness (QED) is 0.873. The van der Waals surface area contributed by atoms with Crippen LogP contribution < -0.4 is 5.32 Å². The summed E-state index contributed by atoms with van der Waals surface area (Å²) >= 11 is 0. The van der Waals surface area contributed by atoms with Crippen LogP contribution in [-0.4, -0.2) is 25.8 Å². The third-order valence-corrected chi connectivity index (χ3v) is 6.09. The second-order valence-corrected chi connectivity index (χ2v) is 7.93. The molecule has 1 heterocycles. The van der Waals surface area contributed by atoms with Crippen LogP contribution in [0.15, 0.2) is 53.4 Å². The molecule has 6 heteroatoms. The van der Waals surface area contributed by atoms with Crippen molar-refractivity contribution in [2.45, 2.75) is 30.8 Å². The van der Waals surface area contributed by atoms with Crippen LogP contribution in [0.1, 0.15) is 24.0 Å². The molecule has 1 N–H and O–H groups in total. The van der Waals surface area contributed by atoms with Crippen LogP contribution in [0.3, 0.4) is 0 Å². The fourth-order valence-electron chi connectivity index (χ4n) is 2.85. The zero-order chi connectivity index (χ0) is 17.0. The van der Waals surface area contributed by atoms with Gasteiger partial charge in [0.25, 0.3) is 0 Å². The van der Waals surface area contributed by atoms with Gasteiger partial charge >= 0.3 is 0 Å². The number of hydrogen-bond acceptors (Lipinski definition) is 3.